The van der Waals surface area contributed by atoms with Gasteiger partial charge in [0.25, 0.3) is 0 Å². The van der Waals surface area contributed by atoms with E-state index >= 15 is 0 Å². The third-order valence-corrected chi connectivity index (χ3v) is 5.41. The Morgan fingerprint density at radius 3 is 2.37 bits per heavy atom. The highest BCUT2D eigenvalue weighted by molar-refractivity contribution is 4.98. The fourth-order valence-electron chi connectivity index (χ4n) is 3.73. The lowest BCUT2D eigenvalue weighted by Gasteiger charge is -2.50. The molecule has 1 saturated carbocycles. The van der Waals surface area contributed by atoms with Gasteiger partial charge >= 0.3 is 0 Å². The molecule has 3 heteroatoms. The summed E-state index contributed by atoms with van der Waals surface area (Å²) in [5.74, 6) is 0. The van der Waals surface area contributed by atoms with Crippen molar-refractivity contribution in [2.45, 2.75) is 70.9 Å². The maximum atomic E-state index is 6.20. The summed E-state index contributed by atoms with van der Waals surface area (Å²) in [6, 6.07) is 0. The van der Waals surface area contributed by atoms with Crippen molar-refractivity contribution in [1.29, 1.82) is 0 Å². The molecular formula is C16H32N2O. The van der Waals surface area contributed by atoms with E-state index in [0.29, 0.717) is 11.5 Å². The SMILES string of the molecule is CCN(CC1CCCO1)C1(CN)CCC(C)(C)CC1. The molecule has 1 heterocycles. The quantitative estimate of drug-likeness (QED) is 0.833. The average Bonchev–Trinajstić information content (AvgIpc) is 2.90. The zero-order valence-electron chi connectivity index (χ0n) is 13.1. The van der Waals surface area contributed by atoms with Crippen LogP contribution in [0.15, 0.2) is 0 Å². The molecule has 1 atom stereocenters. The van der Waals surface area contributed by atoms with Crippen molar-refractivity contribution < 1.29 is 4.74 Å². The van der Waals surface area contributed by atoms with Gasteiger partial charge in [0.05, 0.1) is 6.10 Å². The van der Waals surface area contributed by atoms with Crippen LogP contribution in [0.25, 0.3) is 0 Å². The van der Waals surface area contributed by atoms with Crippen molar-refractivity contribution >= 4 is 0 Å². The summed E-state index contributed by atoms with van der Waals surface area (Å²) in [5.41, 5.74) is 6.93. The lowest BCUT2D eigenvalue weighted by atomic mass is 9.68. The maximum absolute atomic E-state index is 6.20. The molecule has 3 nitrogen and oxygen atoms in total. The molecule has 0 bridgehead atoms. The van der Waals surface area contributed by atoms with Gasteiger partial charge in [-0.2, -0.15) is 0 Å². The van der Waals surface area contributed by atoms with Crippen molar-refractivity contribution in [2.75, 3.05) is 26.2 Å². The van der Waals surface area contributed by atoms with Gasteiger partial charge in [0.15, 0.2) is 0 Å². The Labute approximate surface area is 118 Å². The number of hydrogen-bond donors (Lipinski definition) is 1. The molecule has 0 aromatic carbocycles. The van der Waals surface area contributed by atoms with E-state index in [4.69, 9.17) is 10.5 Å². The van der Waals surface area contributed by atoms with Crippen LogP contribution in [0.3, 0.4) is 0 Å². The Morgan fingerprint density at radius 1 is 1.21 bits per heavy atom. The first-order valence-electron chi connectivity index (χ1n) is 8.08. The van der Waals surface area contributed by atoms with E-state index in [0.717, 1.165) is 26.2 Å². The molecule has 0 amide bonds. The molecule has 2 N–H and O–H groups in total. The lowest BCUT2D eigenvalue weighted by Crippen LogP contribution is -2.58. The van der Waals surface area contributed by atoms with Gasteiger partial charge in [0.2, 0.25) is 0 Å². The summed E-state index contributed by atoms with van der Waals surface area (Å²) in [7, 11) is 0. The molecule has 0 aromatic rings. The molecule has 1 unspecified atom stereocenters. The fraction of sp³-hybridized carbons (Fsp3) is 1.00. The molecule has 1 aliphatic carbocycles. The molecular weight excluding hydrogens is 236 g/mol. The van der Waals surface area contributed by atoms with Crippen LogP contribution in [0.4, 0.5) is 0 Å². The highest BCUT2D eigenvalue weighted by Gasteiger charge is 2.41. The van der Waals surface area contributed by atoms with Crippen LogP contribution in [0.5, 0.6) is 0 Å². The van der Waals surface area contributed by atoms with Crippen LogP contribution in [-0.4, -0.2) is 42.8 Å². The van der Waals surface area contributed by atoms with Gasteiger partial charge in [0.1, 0.15) is 0 Å². The van der Waals surface area contributed by atoms with Crippen molar-refractivity contribution in [3.05, 3.63) is 0 Å². The van der Waals surface area contributed by atoms with Crippen molar-refractivity contribution in [3.8, 4) is 0 Å². The Hall–Kier alpha value is -0.120. The number of rotatable bonds is 5. The highest BCUT2D eigenvalue weighted by Crippen LogP contribution is 2.42. The fourth-order valence-corrected chi connectivity index (χ4v) is 3.73. The molecule has 0 spiro atoms. The Balaban J connectivity index is 2.01. The summed E-state index contributed by atoms with van der Waals surface area (Å²) < 4.78 is 5.82. The molecule has 19 heavy (non-hydrogen) atoms. The van der Waals surface area contributed by atoms with Crippen LogP contribution < -0.4 is 5.73 Å². The number of ether oxygens (including phenoxy) is 1. The zero-order valence-corrected chi connectivity index (χ0v) is 13.1. The third-order valence-electron chi connectivity index (χ3n) is 5.41. The van der Waals surface area contributed by atoms with Crippen molar-refractivity contribution in [3.63, 3.8) is 0 Å². The van der Waals surface area contributed by atoms with E-state index in [-0.39, 0.29) is 5.54 Å². The van der Waals surface area contributed by atoms with E-state index in [1.165, 1.54) is 38.5 Å². The number of likely N-dealkylation sites (N-methyl/N-ethyl adjacent to an activating group) is 1. The summed E-state index contributed by atoms with van der Waals surface area (Å²) in [6.07, 6.45) is 7.98. The molecule has 1 aliphatic heterocycles. The highest BCUT2D eigenvalue weighted by atomic mass is 16.5. The minimum absolute atomic E-state index is 0.232. The Bertz CT molecular complexity index is 274. The van der Waals surface area contributed by atoms with Crippen LogP contribution >= 0.6 is 0 Å². The second kappa shape index (κ2) is 6.11. The normalized spacial score (nSPS) is 29.8. The van der Waals surface area contributed by atoms with Crippen LogP contribution in [0.1, 0.15) is 59.3 Å². The van der Waals surface area contributed by atoms with Gasteiger partial charge in [-0.25, -0.2) is 0 Å². The first-order chi connectivity index (χ1) is 9.01. The first kappa shape index (κ1) is 15.3. The van der Waals surface area contributed by atoms with E-state index < -0.39 is 0 Å². The number of hydrogen-bond acceptors (Lipinski definition) is 3. The second-order valence-electron chi connectivity index (χ2n) is 7.27. The van der Waals surface area contributed by atoms with E-state index in [1.807, 2.05) is 0 Å². The predicted molar refractivity (Wildman–Crippen MR) is 80.3 cm³/mol. The topological polar surface area (TPSA) is 38.5 Å². The number of nitrogens with zero attached hydrogens (tertiary/aromatic N) is 1. The lowest BCUT2D eigenvalue weighted by molar-refractivity contribution is -0.0108. The molecule has 0 radical (unpaired) electrons. The maximum Gasteiger partial charge on any atom is 0.0703 e. The van der Waals surface area contributed by atoms with Crippen molar-refractivity contribution in [2.24, 2.45) is 11.1 Å². The minimum Gasteiger partial charge on any atom is -0.377 e. The standard InChI is InChI=1S/C16H32N2O/c1-4-18(12-14-6-5-11-19-14)16(13-17)9-7-15(2,3)8-10-16/h14H,4-13,17H2,1-3H3. The first-order valence-corrected chi connectivity index (χ1v) is 8.08. The van der Waals surface area contributed by atoms with Gasteiger partial charge < -0.3 is 10.5 Å². The van der Waals surface area contributed by atoms with Crippen molar-refractivity contribution in [1.82, 2.24) is 4.90 Å². The molecule has 0 aromatic heterocycles. The molecule has 112 valence electrons. The summed E-state index contributed by atoms with van der Waals surface area (Å²) in [5, 5.41) is 0. The Morgan fingerprint density at radius 2 is 1.89 bits per heavy atom. The van der Waals surface area contributed by atoms with E-state index in [1.54, 1.807) is 0 Å². The van der Waals surface area contributed by atoms with Crippen LogP contribution in [-0.2, 0) is 4.74 Å². The van der Waals surface area contributed by atoms with Crippen LogP contribution in [0, 0.1) is 5.41 Å². The molecule has 2 rings (SSSR count). The monoisotopic (exact) mass is 268 g/mol. The minimum atomic E-state index is 0.232. The average molecular weight is 268 g/mol. The van der Waals surface area contributed by atoms with Crippen LogP contribution in [0.2, 0.25) is 0 Å². The third kappa shape index (κ3) is 3.50. The van der Waals surface area contributed by atoms with Gasteiger partial charge in [-0.3, -0.25) is 4.90 Å². The predicted octanol–water partition coefficient (Wildman–Crippen LogP) is 2.79. The van der Waals surface area contributed by atoms with Gasteiger partial charge in [0, 0.05) is 25.2 Å². The molecule has 2 fully saturated rings. The summed E-state index contributed by atoms with van der Waals surface area (Å²) >= 11 is 0. The molecule has 2 aliphatic rings. The Kier molecular flexibility index (Phi) is 4.91. The van der Waals surface area contributed by atoms with E-state index in [2.05, 4.69) is 25.7 Å². The van der Waals surface area contributed by atoms with Gasteiger partial charge in [-0.15, -0.1) is 0 Å². The smallest absolute Gasteiger partial charge is 0.0703 e. The summed E-state index contributed by atoms with van der Waals surface area (Å²) in [4.78, 5) is 2.62. The van der Waals surface area contributed by atoms with Gasteiger partial charge in [-0.1, -0.05) is 20.8 Å². The van der Waals surface area contributed by atoms with E-state index in [9.17, 15) is 0 Å². The largest absolute Gasteiger partial charge is 0.377 e. The second-order valence-corrected chi connectivity index (χ2v) is 7.27. The van der Waals surface area contributed by atoms with Gasteiger partial charge in [-0.05, 0) is 50.5 Å². The molecule has 1 saturated heterocycles. The summed E-state index contributed by atoms with van der Waals surface area (Å²) in [6.45, 7) is 11.0. The number of nitrogens with two attached hydrogens (primary N) is 1. The zero-order chi connectivity index (χ0) is 13.9.